The topological polar surface area (TPSA) is 74.2 Å². The van der Waals surface area contributed by atoms with E-state index in [9.17, 15) is 9.90 Å². The smallest absolute Gasteiger partial charge is 0.389 e. The highest BCUT2D eigenvalue weighted by molar-refractivity contribution is 5.85. The van der Waals surface area contributed by atoms with Gasteiger partial charge in [-0.2, -0.15) is 0 Å². The average molecular weight is 486 g/mol. The molecule has 1 saturated heterocycles. The number of nitrogens with zero attached hydrogens (tertiary/aromatic N) is 2. The highest BCUT2D eigenvalue weighted by atomic mass is 16.7. The van der Waals surface area contributed by atoms with Gasteiger partial charge in [0, 0.05) is 25.6 Å². The van der Waals surface area contributed by atoms with Crippen LogP contribution in [0.4, 0.5) is 4.79 Å². The van der Waals surface area contributed by atoms with E-state index in [0.29, 0.717) is 24.4 Å². The van der Waals surface area contributed by atoms with E-state index in [1.807, 2.05) is 7.05 Å². The molecule has 1 amide bonds. The van der Waals surface area contributed by atoms with Gasteiger partial charge in [0.05, 0.1) is 11.8 Å². The first-order valence-corrected chi connectivity index (χ1v) is 14.2. The number of allylic oxidation sites excluding steroid dienone is 1. The van der Waals surface area contributed by atoms with Crippen molar-refractivity contribution >= 4 is 11.8 Å². The van der Waals surface area contributed by atoms with Gasteiger partial charge in [0.25, 0.3) is 0 Å². The van der Waals surface area contributed by atoms with Crippen molar-refractivity contribution in [3.63, 3.8) is 0 Å². The van der Waals surface area contributed by atoms with Gasteiger partial charge in [-0.1, -0.05) is 37.6 Å². The third-order valence-corrected chi connectivity index (χ3v) is 11.3. The molecule has 0 aromatic rings. The lowest BCUT2D eigenvalue weighted by Gasteiger charge is -2.58. The Hall–Kier alpha value is -1.40. The Balaban J connectivity index is 1.24. The fourth-order valence-electron chi connectivity index (χ4n) is 9.15. The summed E-state index contributed by atoms with van der Waals surface area (Å²) in [5.41, 5.74) is 3.04. The lowest BCUT2D eigenvalue weighted by atomic mass is 9.46. The largest absolute Gasteiger partial charge is 0.435 e. The standard InChI is InChI=1S/C29H47N3O3/c1-18-12-15-30-26(18)17-32(5)27(34)35-31-19(2)23-8-9-24-22-7-6-20-16-21(33)10-13-28(20,3)25(22)11-14-29(23,24)4/h16,18,21-26,30,33H,6-15,17H2,1-5H3/b31-19+/t18?,21-,22+,23-,24+,25+,26?,28+,29-/m1/s1. The van der Waals surface area contributed by atoms with Crippen molar-refractivity contribution in [1.29, 1.82) is 0 Å². The lowest BCUT2D eigenvalue weighted by Crippen LogP contribution is -2.51. The summed E-state index contributed by atoms with van der Waals surface area (Å²) < 4.78 is 0. The molecule has 0 aromatic heterocycles. The number of amides is 1. The molecule has 2 unspecified atom stereocenters. The zero-order chi connectivity index (χ0) is 25.0. The van der Waals surface area contributed by atoms with Crippen LogP contribution >= 0.6 is 0 Å². The second-order valence-electron chi connectivity index (χ2n) is 13.1. The van der Waals surface area contributed by atoms with Crippen molar-refractivity contribution in [1.82, 2.24) is 10.2 Å². The number of oxime groups is 1. The normalized spacial score (nSPS) is 45.3. The van der Waals surface area contributed by atoms with Crippen molar-refractivity contribution in [3.8, 4) is 0 Å². The molecule has 3 saturated carbocycles. The first-order chi connectivity index (χ1) is 16.6. The van der Waals surface area contributed by atoms with E-state index in [1.54, 1.807) is 4.90 Å². The Morgan fingerprint density at radius 2 is 1.97 bits per heavy atom. The summed E-state index contributed by atoms with van der Waals surface area (Å²) in [7, 11) is 1.81. The van der Waals surface area contributed by atoms with Crippen LogP contribution in [0.5, 0.6) is 0 Å². The highest BCUT2D eigenvalue weighted by Gasteiger charge is 2.59. The van der Waals surface area contributed by atoms with Crippen LogP contribution in [-0.2, 0) is 4.84 Å². The molecule has 0 spiro atoms. The molecule has 35 heavy (non-hydrogen) atoms. The van der Waals surface area contributed by atoms with E-state index in [4.69, 9.17) is 4.84 Å². The van der Waals surface area contributed by atoms with Gasteiger partial charge in [-0.3, -0.25) is 4.84 Å². The van der Waals surface area contributed by atoms with Crippen LogP contribution in [0.1, 0.15) is 85.5 Å². The van der Waals surface area contributed by atoms with Crippen molar-refractivity contribution < 1.29 is 14.7 Å². The van der Waals surface area contributed by atoms with E-state index in [1.165, 1.54) is 31.3 Å². The molecular weight excluding hydrogens is 438 g/mol. The highest BCUT2D eigenvalue weighted by Crippen LogP contribution is 2.66. The third-order valence-electron chi connectivity index (χ3n) is 11.3. The summed E-state index contributed by atoms with van der Waals surface area (Å²) in [5.74, 6) is 3.19. The maximum Gasteiger partial charge on any atom is 0.435 e. The van der Waals surface area contributed by atoms with E-state index in [-0.39, 0.29) is 23.0 Å². The molecule has 5 rings (SSSR count). The summed E-state index contributed by atoms with van der Waals surface area (Å²) >= 11 is 0. The SMILES string of the molecule is C/C(=N\OC(=O)N(C)CC1NCCC1C)[C@H]1CC[C@H]2[C@@H]3CCC4=C[C@H](O)CC[C@]4(C)[C@H]3CC[C@]12C. The van der Waals surface area contributed by atoms with Crippen LogP contribution in [0.25, 0.3) is 0 Å². The van der Waals surface area contributed by atoms with Crippen LogP contribution in [-0.4, -0.2) is 54.1 Å². The van der Waals surface area contributed by atoms with E-state index < -0.39 is 0 Å². The van der Waals surface area contributed by atoms with Gasteiger partial charge in [0.2, 0.25) is 0 Å². The Labute approximate surface area is 211 Å². The van der Waals surface area contributed by atoms with Gasteiger partial charge < -0.3 is 15.3 Å². The number of hydrogen-bond donors (Lipinski definition) is 2. The summed E-state index contributed by atoms with van der Waals surface area (Å²) in [6.07, 6.45) is 12.1. The van der Waals surface area contributed by atoms with E-state index in [2.05, 4.69) is 44.2 Å². The van der Waals surface area contributed by atoms with E-state index >= 15 is 0 Å². The summed E-state index contributed by atoms with van der Waals surface area (Å²) in [4.78, 5) is 19.8. The molecule has 2 N–H and O–H groups in total. The quantitative estimate of drug-likeness (QED) is 0.243. The van der Waals surface area contributed by atoms with E-state index in [0.717, 1.165) is 62.1 Å². The Kier molecular flexibility index (Phi) is 6.84. The van der Waals surface area contributed by atoms with Crippen molar-refractivity contribution in [3.05, 3.63) is 11.6 Å². The fourth-order valence-corrected chi connectivity index (χ4v) is 9.15. The molecule has 1 heterocycles. The second-order valence-corrected chi connectivity index (χ2v) is 13.1. The minimum atomic E-state index is -0.354. The first-order valence-electron chi connectivity index (χ1n) is 14.2. The maximum atomic E-state index is 12.6. The molecule has 5 aliphatic rings. The maximum absolute atomic E-state index is 12.6. The minimum absolute atomic E-state index is 0.238. The number of hydrogen-bond acceptors (Lipinski definition) is 5. The Morgan fingerprint density at radius 1 is 1.17 bits per heavy atom. The monoisotopic (exact) mass is 485 g/mol. The first kappa shape index (κ1) is 25.3. The van der Waals surface area contributed by atoms with Gasteiger partial charge >= 0.3 is 6.09 Å². The Morgan fingerprint density at radius 3 is 2.71 bits per heavy atom. The van der Waals surface area contributed by atoms with Gasteiger partial charge in [0.15, 0.2) is 0 Å². The molecule has 4 aliphatic carbocycles. The molecule has 0 aromatic carbocycles. The van der Waals surface area contributed by atoms with Crippen LogP contribution in [0.15, 0.2) is 16.8 Å². The van der Waals surface area contributed by atoms with Crippen molar-refractivity contribution in [2.75, 3.05) is 20.1 Å². The van der Waals surface area contributed by atoms with Crippen LogP contribution in [0.3, 0.4) is 0 Å². The van der Waals surface area contributed by atoms with Gasteiger partial charge in [-0.05, 0) is 106 Å². The van der Waals surface area contributed by atoms with Gasteiger partial charge in [-0.25, -0.2) is 4.79 Å². The lowest BCUT2D eigenvalue weighted by molar-refractivity contribution is -0.0479. The molecular formula is C29H47N3O3. The molecule has 196 valence electrons. The van der Waals surface area contributed by atoms with Crippen molar-refractivity contribution in [2.45, 2.75) is 97.6 Å². The number of carbonyl (C=O) groups excluding carboxylic acids is 1. The number of nitrogens with one attached hydrogen (secondary N) is 1. The fraction of sp³-hybridized carbons (Fsp3) is 0.862. The molecule has 6 nitrogen and oxygen atoms in total. The predicted molar refractivity (Wildman–Crippen MR) is 139 cm³/mol. The summed E-state index contributed by atoms with van der Waals surface area (Å²) in [6, 6.07) is 0.336. The number of carbonyl (C=O) groups is 1. The molecule has 9 atom stereocenters. The number of aliphatic hydroxyl groups excluding tert-OH is 1. The number of rotatable bonds is 4. The number of fused-ring (bicyclic) bond motifs is 5. The zero-order valence-electron chi connectivity index (χ0n) is 22.6. The van der Waals surface area contributed by atoms with Crippen LogP contribution in [0.2, 0.25) is 0 Å². The van der Waals surface area contributed by atoms with Gasteiger partial charge in [0.1, 0.15) is 0 Å². The zero-order valence-corrected chi connectivity index (χ0v) is 22.6. The summed E-state index contributed by atoms with van der Waals surface area (Å²) in [5, 5.41) is 18.1. The molecule has 6 heteroatoms. The summed E-state index contributed by atoms with van der Waals surface area (Å²) in [6.45, 7) is 11.0. The third kappa shape index (κ3) is 4.37. The molecule has 1 aliphatic heterocycles. The predicted octanol–water partition coefficient (Wildman–Crippen LogP) is 5.37. The number of aliphatic hydroxyl groups is 1. The average Bonchev–Trinajstić information content (AvgIpc) is 3.39. The van der Waals surface area contributed by atoms with Crippen LogP contribution in [0, 0.1) is 40.4 Å². The molecule has 0 bridgehead atoms. The number of likely N-dealkylation sites (N-methyl/N-ethyl adjacent to an activating group) is 1. The van der Waals surface area contributed by atoms with Crippen LogP contribution < -0.4 is 5.32 Å². The second kappa shape index (κ2) is 9.48. The minimum Gasteiger partial charge on any atom is -0.389 e. The Bertz CT molecular complexity index is 886. The van der Waals surface area contributed by atoms with Gasteiger partial charge in [-0.15, -0.1) is 0 Å². The van der Waals surface area contributed by atoms with Crippen molar-refractivity contribution in [2.24, 2.45) is 45.6 Å². The molecule has 4 fully saturated rings. The molecule has 0 radical (unpaired) electrons.